The fourth-order valence-electron chi connectivity index (χ4n) is 4.74. The summed E-state index contributed by atoms with van der Waals surface area (Å²) >= 11 is 3.11. The standard InChI is InChI=1S/C28H24FN7OS2/c1-3-18-12-20-14-32-28(33-21-4-5-23(22(29)13-21)35-9-7-30-17(2)15-35)34-25(20)36(27(18)37)16-19-6-10-38-24(19)26-31-8-11-39-26/h1,4-6,8,10-14,17,30H,7,9,15-16H2,2H3,(H,32,33,34). The van der Waals surface area contributed by atoms with Crippen molar-refractivity contribution in [1.82, 2.24) is 24.8 Å². The van der Waals surface area contributed by atoms with Gasteiger partial charge >= 0.3 is 0 Å². The molecule has 8 nitrogen and oxygen atoms in total. The zero-order valence-electron chi connectivity index (χ0n) is 21.0. The summed E-state index contributed by atoms with van der Waals surface area (Å²) in [7, 11) is 0. The van der Waals surface area contributed by atoms with E-state index in [-0.39, 0.29) is 29.4 Å². The summed E-state index contributed by atoms with van der Waals surface area (Å²) in [4.78, 5) is 29.9. The molecule has 11 heteroatoms. The number of halogens is 1. The number of thiophene rings is 1. The van der Waals surface area contributed by atoms with Gasteiger partial charge in [-0.25, -0.2) is 14.4 Å². The van der Waals surface area contributed by atoms with Crippen LogP contribution in [0.3, 0.4) is 0 Å². The number of nitrogens with one attached hydrogen (secondary N) is 2. The van der Waals surface area contributed by atoms with Crippen molar-refractivity contribution in [3.8, 4) is 22.2 Å². The maximum atomic E-state index is 15.1. The first-order valence-electron chi connectivity index (χ1n) is 12.4. The van der Waals surface area contributed by atoms with Crippen LogP contribution in [0.1, 0.15) is 18.1 Å². The molecule has 5 aromatic rings. The van der Waals surface area contributed by atoms with E-state index in [9.17, 15) is 4.79 Å². The van der Waals surface area contributed by atoms with Gasteiger partial charge in [0.15, 0.2) is 0 Å². The van der Waals surface area contributed by atoms with E-state index in [1.165, 1.54) is 6.07 Å². The molecule has 196 valence electrons. The molecule has 6 rings (SSSR count). The quantitative estimate of drug-likeness (QED) is 0.293. The van der Waals surface area contributed by atoms with Gasteiger partial charge in [-0.3, -0.25) is 9.36 Å². The van der Waals surface area contributed by atoms with Crippen LogP contribution in [0.2, 0.25) is 0 Å². The third-order valence-corrected chi connectivity index (χ3v) is 8.48. The predicted molar refractivity (Wildman–Crippen MR) is 156 cm³/mol. The van der Waals surface area contributed by atoms with Gasteiger partial charge < -0.3 is 15.5 Å². The first-order chi connectivity index (χ1) is 19.0. The van der Waals surface area contributed by atoms with Crippen LogP contribution in [-0.2, 0) is 6.54 Å². The zero-order valence-corrected chi connectivity index (χ0v) is 22.7. The molecular formula is C28H24FN7OS2. The van der Waals surface area contributed by atoms with E-state index >= 15 is 4.39 Å². The van der Waals surface area contributed by atoms with Crippen LogP contribution in [0.15, 0.2) is 58.3 Å². The van der Waals surface area contributed by atoms with Gasteiger partial charge in [-0.2, -0.15) is 4.98 Å². The summed E-state index contributed by atoms with van der Waals surface area (Å²) in [6.07, 6.45) is 9.02. The van der Waals surface area contributed by atoms with Crippen molar-refractivity contribution < 1.29 is 4.39 Å². The van der Waals surface area contributed by atoms with Gasteiger partial charge in [0.2, 0.25) is 5.95 Å². The molecule has 0 saturated carbocycles. The van der Waals surface area contributed by atoms with Crippen LogP contribution in [-0.4, -0.2) is 45.2 Å². The minimum atomic E-state index is -0.322. The lowest BCUT2D eigenvalue weighted by molar-refractivity contribution is 0.478. The van der Waals surface area contributed by atoms with Crippen molar-refractivity contribution in [1.29, 1.82) is 0 Å². The van der Waals surface area contributed by atoms with Crippen molar-refractivity contribution in [2.24, 2.45) is 0 Å². The monoisotopic (exact) mass is 557 g/mol. The maximum absolute atomic E-state index is 15.1. The summed E-state index contributed by atoms with van der Waals surface area (Å²) < 4.78 is 16.6. The Balaban J connectivity index is 1.34. The number of fused-ring (bicyclic) bond motifs is 1. The molecule has 2 N–H and O–H groups in total. The number of benzene rings is 1. The Morgan fingerprint density at radius 3 is 2.90 bits per heavy atom. The number of pyridine rings is 1. The number of rotatable bonds is 6. The minimum absolute atomic E-state index is 0.234. The molecular weight excluding hydrogens is 533 g/mol. The highest BCUT2D eigenvalue weighted by atomic mass is 32.1. The number of terminal acetylenes is 1. The molecule has 0 spiro atoms. The first-order valence-corrected chi connectivity index (χ1v) is 14.1. The largest absolute Gasteiger partial charge is 0.366 e. The Bertz CT molecular complexity index is 1760. The summed E-state index contributed by atoms with van der Waals surface area (Å²) in [6, 6.07) is 8.90. The van der Waals surface area contributed by atoms with Gasteiger partial charge in [0.1, 0.15) is 16.5 Å². The van der Waals surface area contributed by atoms with Crippen LogP contribution in [0, 0.1) is 18.2 Å². The summed E-state index contributed by atoms with van der Waals surface area (Å²) in [5.41, 5.74) is 2.37. The number of anilines is 3. The van der Waals surface area contributed by atoms with E-state index in [1.54, 1.807) is 57.8 Å². The van der Waals surface area contributed by atoms with Gasteiger partial charge in [-0.1, -0.05) is 5.92 Å². The molecule has 1 aliphatic heterocycles. The molecule has 1 aliphatic rings. The molecule has 0 aliphatic carbocycles. The molecule has 0 bridgehead atoms. The molecule has 1 aromatic carbocycles. The predicted octanol–water partition coefficient (Wildman–Crippen LogP) is 4.69. The summed E-state index contributed by atoms with van der Waals surface area (Å²) in [5.74, 6) is 2.41. The van der Waals surface area contributed by atoms with Crippen LogP contribution in [0.5, 0.6) is 0 Å². The average Bonchev–Trinajstić information content (AvgIpc) is 3.62. The Morgan fingerprint density at radius 2 is 2.13 bits per heavy atom. The van der Waals surface area contributed by atoms with E-state index in [1.807, 2.05) is 21.7 Å². The van der Waals surface area contributed by atoms with E-state index in [4.69, 9.17) is 6.42 Å². The molecule has 0 amide bonds. The second kappa shape index (κ2) is 10.6. The van der Waals surface area contributed by atoms with Crippen LogP contribution in [0.4, 0.5) is 21.7 Å². The average molecular weight is 558 g/mol. The second-order valence-corrected chi connectivity index (χ2v) is 11.1. The molecule has 1 saturated heterocycles. The molecule has 4 aromatic heterocycles. The minimum Gasteiger partial charge on any atom is -0.366 e. The van der Waals surface area contributed by atoms with Gasteiger partial charge in [-0.05, 0) is 48.2 Å². The second-order valence-electron chi connectivity index (χ2n) is 9.27. The summed E-state index contributed by atoms with van der Waals surface area (Å²) in [6.45, 7) is 4.65. The lowest BCUT2D eigenvalue weighted by atomic mass is 10.2. The van der Waals surface area contributed by atoms with Gasteiger partial charge in [0, 0.05) is 54.5 Å². The highest BCUT2D eigenvalue weighted by Gasteiger charge is 2.19. The van der Waals surface area contributed by atoms with Crippen molar-refractivity contribution in [3.05, 3.63) is 80.8 Å². The fraction of sp³-hybridized carbons (Fsp3) is 0.214. The number of piperazine rings is 1. The number of aromatic nitrogens is 4. The molecule has 1 unspecified atom stereocenters. The maximum Gasteiger partial charge on any atom is 0.268 e. The fourth-order valence-corrected chi connectivity index (χ4v) is 6.45. The first kappa shape index (κ1) is 25.2. The molecule has 5 heterocycles. The van der Waals surface area contributed by atoms with Crippen LogP contribution >= 0.6 is 22.7 Å². The number of thiazole rings is 1. The third-order valence-electron chi connectivity index (χ3n) is 6.60. The highest BCUT2D eigenvalue weighted by Crippen LogP contribution is 2.32. The molecule has 1 fully saturated rings. The van der Waals surface area contributed by atoms with E-state index in [0.717, 1.165) is 35.1 Å². The Morgan fingerprint density at radius 1 is 1.23 bits per heavy atom. The van der Waals surface area contributed by atoms with Gasteiger partial charge in [0.25, 0.3) is 5.56 Å². The Hall–Kier alpha value is -4.11. The van der Waals surface area contributed by atoms with Gasteiger partial charge in [0.05, 0.1) is 22.7 Å². The van der Waals surface area contributed by atoms with Crippen molar-refractivity contribution in [2.75, 3.05) is 29.9 Å². The van der Waals surface area contributed by atoms with Crippen molar-refractivity contribution >= 4 is 51.0 Å². The molecule has 39 heavy (non-hydrogen) atoms. The van der Waals surface area contributed by atoms with Crippen LogP contribution < -0.4 is 21.1 Å². The number of nitrogens with zero attached hydrogens (tertiary/aromatic N) is 5. The van der Waals surface area contributed by atoms with Gasteiger partial charge in [-0.15, -0.1) is 29.1 Å². The number of hydrogen-bond acceptors (Lipinski definition) is 9. The van der Waals surface area contributed by atoms with Crippen molar-refractivity contribution in [3.63, 3.8) is 0 Å². The Labute approximate surface area is 232 Å². The number of hydrogen-bond donors (Lipinski definition) is 2. The molecule has 0 radical (unpaired) electrons. The van der Waals surface area contributed by atoms with Crippen molar-refractivity contribution in [2.45, 2.75) is 19.5 Å². The summed E-state index contributed by atoms with van der Waals surface area (Å²) in [5, 5.41) is 11.9. The normalized spacial score (nSPS) is 15.4. The van der Waals surface area contributed by atoms with Crippen LogP contribution in [0.25, 0.3) is 20.9 Å². The smallest absolute Gasteiger partial charge is 0.268 e. The zero-order chi connectivity index (χ0) is 26.9. The Kier molecular flexibility index (Phi) is 6.83. The van der Waals surface area contributed by atoms with E-state index in [0.29, 0.717) is 28.5 Å². The molecule has 1 atom stereocenters. The van der Waals surface area contributed by atoms with E-state index in [2.05, 4.69) is 38.4 Å². The lowest BCUT2D eigenvalue weighted by Gasteiger charge is -2.33. The topological polar surface area (TPSA) is 88.0 Å². The lowest BCUT2D eigenvalue weighted by Crippen LogP contribution is -2.49. The van der Waals surface area contributed by atoms with E-state index < -0.39 is 0 Å². The third kappa shape index (κ3) is 5.02. The highest BCUT2D eigenvalue weighted by molar-refractivity contribution is 7.20. The SMILES string of the molecule is C#Cc1cc2cnc(Nc3ccc(N4CCNC(C)C4)c(F)c3)nc2n(Cc2ccsc2-c2nccs2)c1=O.